The number of likely N-dealkylation sites (tertiary alicyclic amines) is 1. The maximum absolute atomic E-state index is 5.81. The molecular weight excluding hydrogens is 242 g/mol. The third kappa shape index (κ3) is 3.15. The van der Waals surface area contributed by atoms with Crippen LogP contribution in [0, 0.1) is 0 Å². The van der Waals surface area contributed by atoms with Crippen LogP contribution in [-0.4, -0.2) is 27.7 Å². The normalized spacial score (nSPS) is 23.2. The second kappa shape index (κ2) is 5.94. The van der Waals surface area contributed by atoms with Crippen molar-refractivity contribution in [2.75, 3.05) is 6.54 Å². The molecule has 1 aromatic heterocycles. The lowest BCUT2D eigenvalue weighted by Crippen LogP contribution is -2.33. The summed E-state index contributed by atoms with van der Waals surface area (Å²) >= 11 is 7.31. The SMILES string of the molecule is CCC1CCCCCN1Cc1nnc(Cl)s1. The number of halogens is 1. The van der Waals surface area contributed by atoms with Crippen molar-refractivity contribution in [3.63, 3.8) is 0 Å². The fourth-order valence-electron chi connectivity index (χ4n) is 2.38. The van der Waals surface area contributed by atoms with Gasteiger partial charge in [-0.15, -0.1) is 10.2 Å². The van der Waals surface area contributed by atoms with Gasteiger partial charge in [-0.2, -0.15) is 0 Å². The molecule has 0 N–H and O–H groups in total. The molecule has 0 bridgehead atoms. The predicted molar refractivity (Wildman–Crippen MR) is 67.9 cm³/mol. The fourth-order valence-corrected chi connectivity index (χ4v) is 3.27. The van der Waals surface area contributed by atoms with E-state index in [1.807, 2.05) is 0 Å². The molecule has 0 saturated carbocycles. The van der Waals surface area contributed by atoms with E-state index in [-0.39, 0.29) is 0 Å². The van der Waals surface area contributed by atoms with E-state index >= 15 is 0 Å². The second-order valence-corrected chi connectivity index (χ2v) is 5.97. The molecule has 0 amide bonds. The zero-order chi connectivity index (χ0) is 11.4. The van der Waals surface area contributed by atoms with Crippen molar-refractivity contribution >= 4 is 22.9 Å². The van der Waals surface area contributed by atoms with Gasteiger partial charge in [0.2, 0.25) is 4.47 Å². The Morgan fingerprint density at radius 1 is 1.38 bits per heavy atom. The van der Waals surface area contributed by atoms with Gasteiger partial charge in [0, 0.05) is 6.04 Å². The topological polar surface area (TPSA) is 29.0 Å². The molecule has 1 aromatic rings. The van der Waals surface area contributed by atoms with Crippen LogP contribution in [0.15, 0.2) is 0 Å². The maximum Gasteiger partial charge on any atom is 0.207 e. The Labute approximate surface area is 106 Å². The number of nitrogens with zero attached hydrogens (tertiary/aromatic N) is 3. The highest BCUT2D eigenvalue weighted by Gasteiger charge is 2.20. The third-order valence-corrected chi connectivity index (χ3v) is 4.25. The van der Waals surface area contributed by atoms with Gasteiger partial charge in [-0.25, -0.2) is 0 Å². The van der Waals surface area contributed by atoms with Crippen molar-refractivity contribution < 1.29 is 0 Å². The van der Waals surface area contributed by atoms with Crippen LogP contribution in [0.5, 0.6) is 0 Å². The molecule has 0 aromatic carbocycles. The molecule has 1 unspecified atom stereocenters. The van der Waals surface area contributed by atoms with Gasteiger partial charge >= 0.3 is 0 Å². The second-order valence-electron chi connectivity index (χ2n) is 4.33. The molecular formula is C11H18ClN3S. The summed E-state index contributed by atoms with van der Waals surface area (Å²) in [7, 11) is 0. The summed E-state index contributed by atoms with van der Waals surface area (Å²) in [5.74, 6) is 0. The van der Waals surface area contributed by atoms with Crippen molar-refractivity contribution in [1.29, 1.82) is 0 Å². The molecule has 0 spiro atoms. The van der Waals surface area contributed by atoms with Crippen molar-refractivity contribution in [1.82, 2.24) is 15.1 Å². The van der Waals surface area contributed by atoms with Gasteiger partial charge in [-0.3, -0.25) is 4.90 Å². The van der Waals surface area contributed by atoms with Gasteiger partial charge in [0.05, 0.1) is 6.54 Å². The highest BCUT2D eigenvalue weighted by Crippen LogP contribution is 2.23. The van der Waals surface area contributed by atoms with Gasteiger partial charge in [-0.05, 0) is 37.4 Å². The Bertz CT molecular complexity index is 329. The molecule has 1 atom stereocenters. The Morgan fingerprint density at radius 2 is 2.25 bits per heavy atom. The number of hydrogen-bond donors (Lipinski definition) is 0. The molecule has 2 heterocycles. The molecule has 3 nitrogen and oxygen atoms in total. The van der Waals surface area contributed by atoms with Crippen LogP contribution in [-0.2, 0) is 6.54 Å². The van der Waals surface area contributed by atoms with Gasteiger partial charge < -0.3 is 0 Å². The summed E-state index contributed by atoms with van der Waals surface area (Å²) in [6.45, 7) is 4.38. The number of aromatic nitrogens is 2. The summed E-state index contributed by atoms with van der Waals surface area (Å²) in [4.78, 5) is 2.55. The van der Waals surface area contributed by atoms with E-state index in [2.05, 4.69) is 22.0 Å². The van der Waals surface area contributed by atoms with Crippen molar-refractivity contribution in [3.05, 3.63) is 9.47 Å². The minimum absolute atomic E-state index is 0.554. The molecule has 0 radical (unpaired) electrons. The molecule has 1 fully saturated rings. The van der Waals surface area contributed by atoms with Crippen LogP contribution in [0.4, 0.5) is 0 Å². The van der Waals surface area contributed by atoms with Crippen LogP contribution in [0.25, 0.3) is 0 Å². The zero-order valence-electron chi connectivity index (χ0n) is 9.65. The predicted octanol–water partition coefficient (Wildman–Crippen LogP) is 3.35. The molecule has 1 aliphatic rings. The van der Waals surface area contributed by atoms with Gasteiger partial charge in [0.15, 0.2) is 0 Å². The van der Waals surface area contributed by atoms with E-state index in [0.717, 1.165) is 11.6 Å². The average Bonchev–Trinajstić information content (AvgIpc) is 2.56. The first-order valence-electron chi connectivity index (χ1n) is 6.01. The van der Waals surface area contributed by atoms with Crippen molar-refractivity contribution in [2.24, 2.45) is 0 Å². The number of hydrogen-bond acceptors (Lipinski definition) is 4. The zero-order valence-corrected chi connectivity index (χ0v) is 11.2. The van der Waals surface area contributed by atoms with Crippen LogP contribution >= 0.6 is 22.9 Å². The lowest BCUT2D eigenvalue weighted by atomic mass is 10.1. The first-order valence-corrected chi connectivity index (χ1v) is 7.21. The summed E-state index contributed by atoms with van der Waals surface area (Å²) in [5.41, 5.74) is 0. The smallest absolute Gasteiger partial charge is 0.207 e. The average molecular weight is 260 g/mol. The maximum atomic E-state index is 5.81. The molecule has 5 heteroatoms. The van der Waals surface area contributed by atoms with Crippen molar-refractivity contribution in [3.8, 4) is 0 Å². The Kier molecular flexibility index (Phi) is 4.55. The van der Waals surface area contributed by atoms with E-state index < -0.39 is 0 Å². The molecule has 90 valence electrons. The van der Waals surface area contributed by atoms with Crippen LogP contribution in [0.2, 0.25) is 4.47 Å². The highest BCUT2D eigenvalue weighted by molar-refractivity contribution is 7.15. The molecule has 0 aliphatic carbocycles. The van der Waals surface area contributed by atoms with Gasteiger partial charge in [-0.1, -0.05) is 31.1 Å². The van der Waals surface area contributed by atoms with Crippen LogP contribution in [0.3, 0.4) is 0 Å². The summed E-state index contributed by atoms with van der Waals surface area (Å²) in [6.07, 6.45) is 6.59. The molecule has 1 saturated heterocycles. The minimum atomic E-state index is 0.554. The van der Waals surface area contributed by atoms with Crippen molar-refractivity contribution in [2.45, 2.75) is 51.6 Å². The molecule has 2 rings (SSSR count). The quantitative estimate of drug-likeness (QED) is 0.834. The number of rotatable bonds is 3. The first-order chi connectivity index (χ1) is 7.79. The molecule has 16 heavy (non-hydrogen) atoms. The Hall–Kier alpha value is -0.190. The first kappa shape index (κ1) is 12.3. The summed E-state index contributed by atoms with van der Waals surface area (Å²) in [5, 5.41) is 9.01. The van der Waals surface area contributed by atoms with E-state index in [9.17, 15) is 0 Å². The van der Waals surface area contributed by atoms with Crippen LogP contribution in [0.1, 0.15) is 44.0 Å². The lowest BCUT2D eigenvalue weighted by Gasteiger charge is -2.27. The lowest BCUT2D eigenvalue weighted by molar-refractivity contribution is 0.185. The third-order valence-electron chi connectivity index (χ3n) is 3.25. The Morgan fingerprint density at radius 3 is 2.94 bits per heavy atom. The van der Waals surface area contributed by atoms with E-state index in [1.54, 1.807) is 0 Å². The van der Waals surface area contributed by atoms with E-state index in [0.29, 0.717) is 10.5 Å². The summed E-state index contributed by atoms with van der Waals surface area (Å²) in [6, 6.07) is 0.713. The standard InChI is InChI=1S/C11H18ClN3S/c1-2-9-6-4-3-5-7-15(9)8-10-13-14-11(12)16-10/h9H,2-8H2,1H3. The van der Waals surface area contributed by atoms with Gasteiger partial charge in [0.1, 0.15) is 5.01 Å². The highest BCUT2D eigenvalue weighted by atomic mass is 35.5. The molecule has 1 aliphatic heterocycles. The Balaban J connectivity index is 1.99. The van der Waals surface area contributed by atoms with Crippen LogP contribution < -0.4 is 0 Å². The van der Waals surface area contributed by atoms with E-state index in [1.165, 1.54) is 50.0 Å². The largest absolute Gasteiger partial charge is 0.294 e. The summed E-state index contributed by atoms with van der Waals surface area (Å²) < 4.78 is 0.554. The monoisotopic (exact) mass is 259 g/mol. The van der Waals surface area contributed by atoms with E-state index in [4.69, 9.17) is 11.6 Å². The van der Waals surface area contributed by atoms with Gasteiger partial charge in [0.25, 0.3) is 0 Å². The minimum Gasteiger partial charge on any atom is -0.294 e. The fraction of sp³-hybridized carbons (Fsp3) is 0.818.